The molecule has 0 aromatic heterocycles. The van der Waals surface area contributed by atoms with Crippen molar-refractivity contribution in [3.63, 3.8) is 0 Å². The van der Waals surface area contributed by atoms with E-state index < -0.39 is 5.92 Å². The second-order valence-corrected chi connectivity index (χ2v) is 7.05. The number of nitriles is 1. The highest BCUT2D eigenvalue weighted by atomic mass is 16.1. The molecule has 28 heavy (non-hydrogen) atoms. The van der Waals surface area contributed by atoms with Crippen LogP contribution >= 0.6 is 0 Å². The summed E-state index contributed by atoms with van der Waals surface area (Å²) in [6, 6.07) is 19.6. The van der Waals surface area contributed by atoms with Crippen LogP contribution in [0, 0.1) is 11.3 Å². The summed E-state index contributed by atoms with van der Waals surface area (Å²) >= 11 is 0. The van der Waals surface area contributed by atoms with Crippen molar-refractivity contribution in [2.75, 3.05) is 24.3 Å². The van der Waals surface area contributed by atoms with Gasteiger partial charge in [-0.3, -0.25) is 4.79 Å². The fourth-order valence-electron chi connectivity index (χ4n) is 3.46. The first-order valence-electron chi connectivity index (χ1n) is 9.14. The van der Waals surface area contributed by atoms with Gasteiger partial charge in [-0.15, -0.1) is 0 Å². The van der Waals surface area contributed by atoms with Crippen molar-refractivity contribution in [1.29, 1.82) is 5.26 Å². The molecule has 0 fully saturated rings. The third-order valence-electron chi connectivity index (χ3n) is 4.90. The van der Waals surface area contributed by atoms with Crippen molar-refractivity contribution in [1.82, 2.24) is 5.32 Å². The zero-order valence-electron chi connectivity index (χ0n) is 16.6. The smallest absolute Gasteiger partial charge is 0.254 e. The molecule has 0 radical (unpaired) electrons. The Morgan fingerprint density at radius 1 is 1.04 bits per heavy atom. The number of allylic oxidation sites excluding steroid dienone is 3. The fraction of sp³-hybridized carbons (Fsp3) is 0.217. The molecule has 1 aliphatic rings. The molecule has 1 aliphatic heterocycles. The maximum atomic E-state index is 13.2. The van der Waals surface area contributed by atoms with Crippen LogP contribution in [0.25, 0.3) is 0 Å². The van der Waals surface area contributed by atoms with Gasteiger partial charge in [0.15, 0.2) is 0 Å². The van der Waals surface area contributed by atoms with E-state index >= 15 is 0 Å². The predicted molar refractivity (Wildman–Crippen MR) is 113 cm³/mol. The first kappa shape index (κ1) is 19.2. The van der Waals surface area contributed by atoms with Crippen molar-refractivity contribution in [3.05, 3.63) is 82.7 Å². The van der Waals surface area contributed by atoms with E-state index in [1.807, 2.05) is 87.4 Å². The van der Waals surface area contributed by atoms with E-state index in [9.17, 15) is 10.1 Å². The highest BCUT2D eigenvalue weighted by molar-refractivity contribution is 6.06. The van der Waals surface area contributed by atoms with Crippen LogP contribution in [0.1, 0.15) is 25.3 Å². The van der Waals surface area contributed by atoms with Crippen LogP contribution in [0.3, 0.4) is 0 Å². The van der Waals surface area contributed by atoms with Gasteiger partial charge in [-0.05, 0) is 43.7 Å². The van der Waals surface area contributed by atoms with Gasteiger partial charge in [0, 0.05) is 42.4 Å². The number of dihydropyridines is 1. The summed E-state index contributed by atoms with van der Waals surface area (Å²) in [7, 11) is 3.96. The van der Waals surface area contributed by atoms with Gasteiger partial charge in [-0.2, -0.15) is 5.26 Å². The molecule has 2 aromatic rings. The molecule has 1 amide bonds. The molecule has 2 aromatic carbocycles. The second-order valence-electron chi connectivity index (χ2n) is 7.05. The van der Waals surface area contributed by atoms with Crippen LogP contribution in [0.4, 0.5) is 11.4 Å². The van der Waals surface area contributed by atoms with Gasteiger partial charge in [-0.25, -0.2) is 0 Å². The number of carbonyl (C=O) groups is 1. The largest absolute Gasteiger partial charge is 0.378 e. The predicted octanol–water partition coefficient (Wildman–Crippen LogP) is 4.15. The molecule has 0 spiro atoms. The Labute approximate surface area is 166 Å². The third-order valence-corrected chi connectivity index (χ3v) is 4.90. The minimum atomic E-state index is -0.411. The average Bonchev–Trinajstić information content (AvgIpc) is 2.68. The molecule has 142 valence electrons. The standard InChI is InChI=1S/C23H24N4O/c1-15-20(14-24)22(17-10-12-19(13-11-17)27(3)4)21(16(2)25-15)23(28)26-18-8-6-5-7-9-18/h5-13,22,25H,1-4H3,(H,26,28). The van der Waals surface area contributed by atoms with Crippen LogP contribution in [0.15, 0.2) is 77.1 Å². The van der Waals surface area contributed by atoms with Gasteiger partial charge in [0.2, 0.25) is 0 Å². The van der Waals surface area contributed by atoms with Crippen molar-refractivity contribution < 1.29 is 4.79 Å². The first-order chi connectivity index (χ1) is 13.4. The number of carbonyl (C=O) groups excluding carboxylic acids is 1. The minimum absolute atomic E-state index is 0.210. The van der Waals surface area contributed by atoms with Gasteiger partial charge in [0.1, 0.15) is 0 Å². The quantitative estimate of drug-likeness (QED) is 0.846. The Hall–Kier alpha value is -3.52. The molecule has 0 saturated carbocycles. The average molecular weight is 372 g/mol. The van der Waals surface area contributed by atoms with E-state index in [1.165, 1.54) is 0 Å². The lowest BCUT2D eigenvalue weighted by Crippen LogP contribution is -2.30. The van der Waals surface area contributed by atoms with E-state index in [4.69, 9.17) is 0 Å². The molecule has 5 nitrogen and oxygen atoms in total. The number of hydrogen-bond donors (Lipinski definition) is 2. The van der Waals surface area contributed by atoms with Gasteiger partial charge in [-0.1, -0.05) is 30.3 Å². The zero-order valence-corrected chi connectivity index (χ0v) is 16.6. The van der Waals surface area contributed by atoms with E-state index in [0.717, 1.165) is 28.3 Å². The normalized spacial score (nSPS) is 16.3. The minimum Gasteiger partial charge on any atom is -0.378 e. The third kappa shape index (κ3) is 3.77. The molecule has 1 heterocycles. The second kappa shape index (κ2) is 8.01. The van der Waals surface area contributed by atoms with Crippen LogP contribution < -0.4 is 15.5 Å². The highest BCUT2D eigenvalue weighted by Gasteiger charge is 2.33. The molecule has 1 atom stereocenters. The topological polar surface area (TPSA) is 68.2 Å². The van der Waals surface area contributed by atoms with Crippen molar-refractivity contribution in [2.45, 2.75) is 19.8 Å². The molecule has 2 N–H and O–H groups in total. The summed E-state index contributed by atoms with van der Waals surface area (Å²) in [5.74, 6) is -0.621. The van der Waals surface area contributed by atoms with E-state index in [1.54, 1.807) is 0 Å². The Morgan fingerprint density at radius 3 is 2.25 bits per heavy atom. The Kier molecular flexibility index (Phi) is 5.51. The molecule has 0 bridgehead atoms. The lowest BCUT2D eigenvalue weighted by atomic mass is 9.80. The number of para-hydroxylation sites is 1. The Balaban J connectivity index is 2.04. The van der Waals surface area contributed by atoms with E-state index in [-0.39, 0.29) is 5.91 Å². The lowest BCUT2D eigenvalue weighted by Gasteiger charge is -2.29. The van der Waals surface area contributed by atoms with Crippen molar-refractivity contribution in [3.8, 4) is 6.07 Å². The molecule has 0 saturated heterocycles. The van der Waals surface area contributed by atoms with Crippen molar-refractivity contribution in [2.24, 2.45) is 0 Å². The van der Waals surface area contributed by atoms with Crippen LogP contribution in [0.5, 0.6) is 0 Å². The van der Waals surface area contributed by atoms with Crippen LogP contribution in [-0.2, 0) is 4.79 Å². The highest BCUT2D eigenvalue weighted by Crippen LogP contribution is 2.38. The summed E-state index contributed by atoms with van der Waals surface area (Å²) in [6.07, 6.45) is 0. The molecule has 3 rings (SSSR count). The molecule has 1 unspecified atom stereocenters. The van der Waals surface area contributed by atoms with Gasteiger partial charge < -0.3 is 15.5 Å². The monoisotopic (exact) mass is 372 g/mol. The number of nitrogens with zero attached hydrogens (tertiary/aromatic N) is 2. The first-order valence-corrected chi connectivity index (χ1v) is 9.14. The molecule has 0 aliphatic carbocycles. The van der Waals surface area contributed by atoms with Gasteiger partial charge >= 0.3 is 0 Å². The number of benzene rings is 2. The van der Waals surface area contributed by atoms with Crippen LogP contribution in [-0.4, -0.2) is 20.0 Å². The molecular weight excluding hydrogens is 348 g/mol. The Bertz CT molecular complexity index is 980. The summed E-state index contributed by atoms with van der Waals surface area (Å²) in [6.45, 7) is 3.74. The number of amides is 1. The number of nitrogens with one attached hydrogen (secondary N) is 2. The summed E-state index contributed by atoms with van der Waals surface area (Å²) in [5.41, 5.74) is 5.35. The number of anilines is 2. The lowest BCUT2D eigenvalue weighted by molar-refractivity contribution is -0.113. The molecule has 5 heteroatoms. The van der Waals surface area contributed by atoms with Crippen LogP contribution in [0.2, 0.25) is 0 Å². The summed E-state index contributed by atoms with van der Waals surface area (Å²) < 4.78 is 0. The van der Waals surface area contributed by atoms with E-state index in [2.05, 4.69) is 16.7 Å². The fourth-order valence-corrected chi connectivity index (χ4v) is 3.46. The maximum Gasteiger partial charge on any atom is 0.254 e. The summed E-state index contributed by atoms with van der Waals surface area (Å²) in [4.78, 5) is 15.2. The van der Waals surface area contributed by atoms with Crippen molar-refractivity contribution >= 4 is 17.3 Å². The Morgan fingerprint density at radius 2 is 1.68 bits per heavy atom. The number of rotatable bonds is 4. The summed E-state index contributed by atoms with van der Waals surface area (Å²) in [5, 5.41) is 15.9. The SMILES string of the molecule is CC1=C(C#N)C(c2ccc(N(C)C)cc2)C(C(=O)Nc2ccccc2)=C(C)N1. The molecular formula is C23H24N4O. The van der Waals surface area contributed by atoms with Gasteiger partial charge in [0.25, 0.3) is 5.91 Å². The maximum absolute atomic E-state index is 13.2. The number of hydrogen-bond acceptors (Lipinski definition) is 4. The van der Waals surface area contributed by atoms with E-state index in [0.29, 0.717) is 11.1 Å². The van der Waals surface area contributed by atoms with Gasteiger partial charge in [0.05, 0.1) is 17.6 Å². The zero-order chi connectivity index (χ0) is 20.3.